The number of para-hydroxylation sites is 1. The molecule has 0 atom stereocenters. The molecule has 0 aliphatic rings. The Bertz CT molecular complexity index is 548. The molecule has 0 N–H and O–H groups in total. The first-order chi connectivity index (χ1) is 8.20. The smallest absolute Gasteiger partial charge is 0.219 e. The van der Waals surface area contributed by atoms with E-state index in [1.165, 1.54) is 6.20 Å². The average Bonchev–Trinajstić information content (AvgIpc) is 2.35. The molecule has 0 bridgehead atoms. The first-order valence-corrected chi connectivity index (χ1v) is 5.31. The maximum atomic E-state index is 8.68. The lowest BCUT2D eigenvalue weighted by Crippen LogP contribution is -1.93. The summed E-state index contributed by atoms with van der Waals surface area (Å²) < 4.78 is 5.72. The standard InChI is InChI=1S/C14H12N2O/c1-10-4-3-5-11(2)14(10)17-13-7-6-12(8-15)9-16-13/h3-7,9H,1-2H3. The molecular weight excluding hydrogens is 212 g/mol. The zero-order valence-corrected chi connectivity index (χ0v) is 9.77. The third-order valence-corrected chi connectivity index (χ3v) is 2.48. The van der Waals surface area contributed by atoms with Crippen molar-refractivity contribution in [3.63, 3.8) is 0 Å². The van der Waals surface area contributed by atoms with Crippen molar-refractivity contribution in [3.8, 4) is 17.7 Å². The van der Waals surface area contributed by atoms with Gasteiger partial charge >= 0.3 is 0 Å². The van der Waals surface area contributed by atoms with Crippen molar-refractivity contribution in [2.45, 2.75) is 13.8 Å². The first kappa shape index (κ1) is 11.2. The molecule has 0 aliphatic heterocycles. The van der Waals surface area contributed by atoms with Crippen LogP contribution in [0.2, 0.25) is 0 Å². The molecule has 2 aromatic rings. The van der Waals surface area contributed by atoms with Gasteiger partial charge in [-0.05, 0) is 31.0 Å². The summed E-state index contributed by atoms with van der Waals surface area (Å²) in [6.07, 6.45) is 1.50. The SMILES string of the molecule is Cc1cccc(C)c1Oc1ccc(C#N)cn1. The number of aryl methyl sites for hydroxylation is 2. The molecular formula is C14H12N2O. The van der Waals surface area contributed by atoms with Gasteiger partial charge in [-0.3, -0.25) is 0 Å². The molecule has 0 unspecified atom stereocenters. The van der Waals surface area contributed by atoms with E-state index in [0.717, 1.165) is 16.9 Å². The van der Waals surface area contributed by atoms with Gasteiger partial charge in [0.25, 0.3) is 0 Å². The van der Waals surface area contributed by atoms with E-state index in [-0.39, 0.29) is 0 Å². The van der Waals surface area contributed by atoms with Gasteiger partial charge in [-0.25, -0.2) is 4.98 Å². The molecule has 0 radical (unpaired) electrons. The van der Waals surface area contributed by atoms with Crippen LogP contribution in [-0.4, -0.2) is 4.98 Å². The van der Waals surface area contributed by atoms with E-state index < -0.39 is 0 Å². The van der Waals surface area contributed by atoms with E-state index in [2.05, 4.69) is 4.98 Å². The summed E-state index contributed by atoms with van der Waals surface area (Å²) in [4.78, 5) is 4.08. The molecule has 0 fully saturated rings. The number of ether oxygens (including phenoxy) is 1. The highest BCUT2D eigenvalue weighted by molar-refractivity contribution is 5.42. The van der Waals surface area contributed by atoms with Gasteiger partial charge in [0.15, 0.2) is 0 Å². The summed E-state index contributed by atoms with van der Waals surface area (Å²) in [5, 5.41) is 8.68. The normalized spacial score (nSPS) is 9.71. The number of hydrogen-bond donors (Lipinski definition) is 0. The molecule has 1 aromatic heterocycles. The van der Waals surface area contributed by atoms with Crippen LogP contribution < -0.4 is 4.74 Å². The molecule has 0 amide bonds. The summed E-state index contributed by atoms with van der Waals surface area (Å²) >= 11 is 0. The van der Waals surface area contributed by atoms with Gasteiger partial charge in [0, 0.05) is 12.3 Å². The van der Waals surface area contributed by atoms with Crippen LogP contribution in [0, 0.1) is 25.2 Å². The zero-order chi connectivity index (χ0) is 12.3. The van der Waals surface area contributed by atoms with Crippen LogP contribution in [0.15, 0.2) is 36.5 Å². The maximum absolute atomic E-state index is 8.68. The van der Waals surface area contributed by atoms with Crippen molar-refractivity contribution in [2.75, 3.05) is 0 Å². The summed E-state index contributed by atoms with van der Waals surface area (Å²) in [5.74, 6) is 1.33. The summed E-state index contributed by atoms with van der Waals surface area (Å²) in [6.45, 7) is 3.98. The quantitative estimate of drug-likeness (QED) is 0.785. The van der Waals surface area contributed by atoms with E-state index in [9.17, 15) is 0 Å². The van der Waals surface area contributed by atoms with Crippen molar-refractivity contribution in [3.05, 3.63) is 53.2 Å². The summed E-state index contributed by atoms with van der Waals surface area (Å²) in [7, 11) is 0. The Labute approximate surface area is 100 Å². The lowest BCUT2D eigenvalue weighted by Gasteiger charge is -2.10. The summed E-state index contributed by atoms with van der Waals surface area (Å²) in [5.41, 5.74) is 2.66. The predicted molar refractivity (Wildman–Crippen MR) is 64.9 cm³/mol. The molecule has 17 heavy (non-hydrogen) atoms. The number of rotatable bonds is 2. The van der Waals surface area contributed by atoms with Gasteiger partial charge in [-0.1, -0.05) is 18.2 Å². The van der Waals surface area contributed by atoms with E-state index in [1.807, 2.05) is 38.1 Å². The Morgan fingerprint density at radius 3 is 2.35 bits per heavy atom. The number of aromatic nitrogens is 1. The second-order valence-corrected chi connectivity index (χ2v) is 3.82. The lowest BCUT2D eigenvalue weighted by atomic mass is 10.1. The fourth-order valence-corrected chi connectivity index (χ4v) is 1.57. The Hall–Kier alpha value is -2.34. The van der Waals surface area contributed by atoms with Gasteiger partial charge in [-0.2, -0.15) is 5.26 Å². The number of nitriles is 1. The van der Waals surface area contributed by atoms with Crippen molar-refractivity contribution in [1.82, 2.24) is 4.98 Å². The Morgan fingerprint density at radius 1 is 1.12 bits per heavy atom. The minimum Gasteiger partial charge on any atom is -0.438 e. The largest absolute Gasteiger partial charge is 0.438 e. The Balaban J connectivity index is 2.29. The number of benzene rings is 1. The third-order valence-electron chi connectivity index (χ3n) is 2.48. The van der Waals surface area contributed by atoms with Gasteiger partial charge in [-0.15, -0.1) is 0 Å². The monoisotopic (exact) mass is 224 g/mol. The Morgan fingerprint density at radius 2 is 1.82 bits per heavy atom. The molecule has 2 rings (SSSR count). The van der Waals surface area contributed by atoms with Crippen molar-refractivity contribution in [1.29, 1.82) is 5.26 Å². The van der Waals surface area contributed by atoms with Crippen LogP contribution >= 0.6 is 0 Å². The topological polar surface area (TPSA) is 45.9 Å². The second kappa shape index (κ2) is 4.67. The average molecular weight is 224 g/mol. The summed E-state index contributed by atoms with van der Waals surface area (Å²) in [6, 6.07) is 11.4. The highest BCUT2D eigenvalue weighted by Gasteiger charge is 2.05. The van der Waals surface area contributed by atoms with Crippen LogP contribution in [0.3, 0.4) is 0 Å². The van der Waals surface area contributed by atoms with Gasteiger partial charge in [0.2, 0.25) is 5.88 Å². The van der Waals surface area contributed by atoms with Crippen molar-refractivity contribution < 1.29 is 4.74 Å². The van der Waals surface area contributed by atoms with E-state index >= 15 is 0 Å². The molecule has 3 heteroatoms. The molecule has 0 saturated heterocycles. The fourth-order valence-electron chi connectivity index (χ4n) is 1.57. The van der Waals surface area contributed by atoms with Crippen LogP contribution in [0.1, 0.15) is 16.7 Å². The molecule has 0 aliphatic carbocycles. The molecule has 0 saturated carbocycles. The highest BCUT2D eigenvalue weighted by atomic mass is 16.5. The Kier molecular flexibility index (Phi) is 3.06. The number of pyridine rings is 1. The minimum absolute atomic E-state index is 0.501. The third kappa shape index (κ3) is 2.43. The van der Waals surface area contributed by atoms with Gasteiger partial charge in [0.05, 0.1) is 5.56 Å². The van der Waals surface area contributed by atoms with E-state index in [0.29, 0.717) is 11.4 Å². The first-order valence-electron chi connectivity index (χ1n) is 5.31. The van der Waals surface area contributed by atoms with E-state index in [1.54, 1.807) is 12.1 Å². The van der Waals surface area contributed by atoms with Crippen molar-refractivity contribution >= 4 is 0 Å². The zero-order valence-electron chi connectivity index (χ0n) is 9.77. The molecule has 1 heterocycles. The maximum Gasteiger partial charge on any atom is 0.219 e. The van der Waals surface area contributed by atoms with Crippen LogP contribution in [0.5, 0.6) is 11.6 Å². The van der Waals surface area contributed by atoms with E-state index in [4.69, 9.17) is 10.00 Å². The van der Waals surface area contributed by atoms with Crippen LogP contribution in [-0.2, 0) is 0 Å². The van der Waals surface area contributed by atoms with Crippen LogP contribution in [0.25, 0.3) is 0 Å². The number of hydrogen-bond acceptors (Lipinski definition) is 3. The van der Waals surface area contributed by atoms with Gasteiger partial charge < -0.3 is 4.74 Å². The second-order valence-electron chi connectivity index (χ2n) is 3.82. The molecule has 0 spiro atoms. The highest BCUT2D eigenvalue weighted by Crippen LogP contribution is 2.27. The molecule has 1 aromatic carbocycles. The van der Waals surface area contributed by atoms with Crippen molar-refractivity contribution in [2.24, 2.45) is 0 Å². The lowest BCUT2D eigenvalue weighted by molar-refractivity contribution is 0.456. The van der Waals surface area contributed by atoms with Crippen LogP contribution in [0.4, 0.5) is 0 Å². The fraction of sp³-hybridized carbons (Fsp3) is 0.143. The molecule has 84 valence electrons. The minimum atomic E-state index is 0.501. The van der Waals surface area contributed by atoms with Gasteiger partial charge in [0.1, 0.15) is 11.8 Å². The number of nitrogens with zero attached hydrogens (tertiary/aromatic N) is 2. The predicted octanol–water partition coefficient (Wildman–Crippen LogP) is 3.36. The molecule has 3 nitrogen and oxygen atoms in total.